The molecule has 0 aromatic rings. The number of alkyl halides is 5. The van der Waals surface area contributed by atoms with Crippen molar-refractivity contribution in [1.82, 2.24) is 0 Å². The molecule has 0 saturated heterocycles. The van der Waals surface area contributed by atoms with Crippen molar-refractivity contribution in [3.05, 3.63) is 11.6 Å². The zero-order chi connectivity index (χ0) is 12.2. The molecular formula is C7H9F6OSi. The lowest BCUT2D eigenvalue weighted by Crippen LogP contribution is -2.22. The van der Waals surface area contributed by atoms with E-state index in [4.69, 9.17) is 0 Å². The lowest BCUT2D eigenvalue weighted by Gasteiger charge is -2.13. The number of hydrogen-bond acceptors (Lipinski definition) is 1. The van der Waals surface area contributed by atoms with E-state index in [0.717, 1.165) is 0 Å². The third-order valence-electron chi connectivity index (χ3n) is 1.22. The first kappa shape index (κ1) is 14.3. The van der Waals surface area contributed by atoms with Gasteiger partial charge in [0, 0.05) is 0 Å². The molecule has 0 aliphatic heterocycles. The van der Waals surface area contributed by atoms with Crippen molar-refractivity contribution >= 4 is 8.80 Å². The minimum Gasteiger partial charge on any atom is -0.475 e. The van der Waals surface area contributed by atoms with Gasteiger partial charge in [-0.2, -0.15) is 17.6 Å². The molecule has 1 radical (unpaired) electrons. The molecule has 0 aromatic carbocycles. The SMILES string of the molecule is C[Si](C)CO/C(F)=C(\C(F)F)C(F)(F)F. The van der Waals surface area contributed by atoms with E-state index in [1.165, 1.54) is 0 Å². The largest absolute Gasteiger partial charge is 0.475 e. The zero-order valence-corrected chi connectivity index (χ0v) is 8.96. The monoisotopic (exact) mass is 251 g/mol. The summed E-state index contributed by atoms with van der Waals surface area (Å²) in [6, 6.07) is -2.23. The smallest absolute Gasteiger partial charge is 0.424 e. The van der Waals surface area contributed by atoms with Crippen LogP contribution in [0, 0.1) is 0 Å². The van der Waals surface area contributed by atoms with Crippen molar-refractivity contribution in [1.29, 1.82) is 0 Å². The Morgan fingerprint density at radius 1 is 1.27 bits per heavy atom. The minimum atomic E-state index is -5.41. The Hall–Kier alpha value is -0.663. The van der Waals surface area contributed by atoms with Crippen LogP contribution in [0.15, 0.2) is 11.6 Å². The first-order valence-corrected chi connectivity index (χ1v) is 6.53. The molecule has 0 heterocycles. The van der Waals surface area contributed by atoms with Crippen LogP contribution in [0.1, 0.15) is 0 Å². The van der Waals surface area contributed by atoms with Gasteiger partial charge in [-0.05, 0) is 0 Å². The van der Waals surface area contributed by atoms with Crippen LogP contribution in [0.3, 0.4) is 0 Å². The highest BCUT2D eigenvalue weighted by atomic mass is 28.3. The maximum atomic E-state index is 12.6. The second-order valence-corrected chi connectivity index (χ2v) is 5.68. The summed E-state index contributed by atoms with van der Waals surface area (Å²) in [4.78, 5) is 0. The van der Waals surface area contributed by atoms with Gasteiger partial charge in [-0.25, -0.2) is 8.78 Å². The summed E-state index contributed by atoms with van der Waals surface area (Å²) >= 11 is 0. The van der Waals surface area contributed by atoms with Gasteiger partial charge in [0.15, 0.2) is 5.57 Å². The molecule has 0 amide bonds. The van der Waals surface area contributed by atoms with Gasteiger partial charge < -0.3 is 4.74 Å². The van der Waals surface area contributed by atoms with Crippen LogP contribution in [-0.2, 0) is 4.74 Å². The molecule has 15 heavy (non-hydrogen) atoms. The van der Waals surface area contributed by atoms with Gasteiger partial charge in [0.25, 0.3) is 12.4 Å². The molecule has 0 aliphatic rings. The van der Waals surface area contributed by atoms with Crippen LogP contribution in [0.2, 0.25) is 13.1 Å². The lowest BCUT2D eigenvalue weighted by atomic mass is 10.3. The minimum absolute atomic E-state index is 0.289. The fraction of sp³-hybridized carbons (Fsp3) is 0.714. The van der Waals surface area contributed by atoms with Gasteiger partial charge in [0.05, 0.1) is 15.0 Å². The Bertz CT molecular complexity index is 234. The van der Waals surface area contributed by atoms with E-state index < -0.39 is 33.0 Å². The Morgan fingerprint density at radius 2 is 1.73 bits per heavy atom. The average Bonchev–Trinajstić information content (AvgIpc) is 1.96. The first-order chi connectivity index (χ1) is 6.66. The van der Waals surface area contributed by atoms with Crippen molar-refractivity contribution in [3.8, 4) is 0 Å². The highest BCUT2D eigenvalue weighted by molar-refractivity contribution is 6.55. The van der Waals surface area contributed by atoms with Gasteiger partial charge in [-0.15, -0.1) is 0 Å². The van der Waals surface area contributed by atoms with Gasteiger partial charge in [-0.1, -0.05) is 13.1 Å². The van der Waals surface area contributed by atoms with Gasteiger partial charge in [-0.3, -0.25) is 0 Å². The van der Waals surface area contributed by atoms with E-state index >= 15 is 0 Å². The van der Waals surface area contributed by atoms with Gasteiger partial charge in [0.1, 0.15) is 0 Å². The van der Waals surface area contributed by atoms with E-state index in [1.807, 2.05) is 0 Å². The maximum absolute atomic E-state index is 12.6. The molecule has 0 N–H and O–H groups in total. The Labute approximate surface area is 84.3 Å². The molecule has 89 valence electrons. The van der Waals surface area contributed by atoms with E-state index in [2.05, 4.69) is 4.74 Å². The Kier molecular flexibility index (Phi) is 5.19. The molecule has 1 nitrogen and oxygen atoms in total. The fourth-order valence-electron chi connectivity index (χ4n) is 0.606. The van der Waals surface area contributed by atoms with Crippen molar-refractivity contribution < 1.29 is 31.1 Å². The van der Waals surface area contributed by atoms with E-state index in [9.17, 15) is 26.3 Å². The second kappa shape index (κ2) is 5.43. The molecule has 0 fully saturated rings. The van der Waals surface area contributed by atoms with E-state index in [1.54, 1.807) is 13.1 Å². The van der Waals surface area contributed by atoms with Crippen molar-refractivity contribution in [2.45, 2.75) is 25.7 Å². The van der Waals surface area contributed by atoms with Crippen LogP contribution >= 0.6 is 0 Å². The second-order valence-electron chi connectivity index (χ2n) is 2.98. The number of halogens is 6. The number of allylic oxidation sites excluding steroid dienone is 1. The summed E-state index contributed by atoms with van der Waals surface area (Å²) in [5, 5.41) is 0. The quantitative estimate of drug-likeness (QED) is 0.423. The van der Waals surface area contributed by atoms with E-state index in [0.29, 0.717) is 0 Å². The highest BCUT2D eigenvalue weighted by Gasteiger charge is 2.44. The average molecular weight is 251 g/mol. The lowest BCUT2D eigenvalue weighted by molar-refractivity contribution is -0.115. The number of ether oxygens (including phenoxy) is 1. The molecule has 0 atom stereocenters. The maximum Gasteiger partial charge on any atom is 0.424 e. The summed E-state index contributed by atoms with van der Waals surface area (Å²) in [5.74, 6) is 0. The van der Waals surface area contributed by atoms with Crippen molar-refractivity contribution in [3.63, 3.8) is 0 Å². The molecule has 0 bridgehead atoms. The molecule has 0 saturated carbocycles. The van der Waals surface area contributed by atoms with E-state index in [-0.39, 0.29) is 6.23 Å². The van der Waals surface area contributed by atoms with Gasteiger partial charge in [0.2, 0.25) is 0 Å². The fourth-order valence-corrected chi connectivity index (χ4v) is 1.02. The normalized spacial score (nSPS) is 14.5. The predicted octanol–water partition coefficient (Wildman–Crippen LogP) is 3.31. The molecule has 8 heteroatoms. The third-order valence-corrected chi connectivity index (χ3v) is 1.94. The Morgan fingerprint density at radius 3 is 2.00 bits per heavy atom. The van der Waals surface area contributed by atoms with Crippen LogP contribution in [0.25, 0.3) is 0 Å². The summed E-state index contributed by atoms with van der Waals surface area (Å²) in [7, 11) is -1.14. The van der Waals surface area contributed by atoms with Crippen LogP contribution < -0.4 is 0 Å². The molecule has 0 unspecified atom stereocenters. The summed E-state index contributed by atoms with van der Waals surface area (Å²) in [5.41, 5.74) is -2.55. The predicted molar refractivity (Wildman–Crippen MR) is 43.6 cm³/mol. The van der Waals surface area contributed by atoms with Crippen LogP contribution in [0.5, 0.6) is 0 Å². The topological polar surface area (TPSA) is 9.23 Å². The molecule has 0 rings (SSSR count). The molecular weight excluding hydrogens is 242 g/mol. The summed E-state index contributed by atoms with van der Waals surface area (Å²) in [6.45, 7) is 3.29. The van der Waals surface area contributed by atoms with Crippen molar-refractivity contribution in [2.75, 3.05) is 6.23 Å². The van der Waals surface area contributed by atoms with Crippen LogP contribution in [0.4, 0.5) is 26.3 Å². The summed E-state index contributed by atoms with van der Waals surface area (Å²) < 4.78 is 76.1. The van der Waals surface area contributed by atoms with Crippen LogP contribution in [-0.4, -0.2) is 27.6 Å². The van der Waals surface area contributed by atoms with Crippen molar-refractivity contribution in [2.24, 2.45) is 0 Å². The molecule has 0 spiro atoms. The third kappa shape index (κ3) is 5.10. The first-order valence-electron chi connectivity index (χ1n) is 3.83. The molecule has 0 aliphatic carbocycles. The number of rotatable bonds is 4. The van der Waals surface area contributed by atoms with Gasteiger partial charge >= 0.3 is 6.18 Å². The highest BCUT2D eigenvalue weighted by Crippen LogP contribution is 2.33. The Balaban J connectivity index is 4.78. The summed E-state index contributed by atoms with van der Waals surface area (Å²) in [6.07, 6.45) is -9.63. The zero-order valence-electron chi connectivity index (χ0n) is 7.96. The molecule has 0 aromatic heterocycles. The standard InChI is InChI=1S/C7H9F6OSi/c1-15(2)3-14-6(10)4(5(8)9)7(11,12)13/h5H,3H2,1-2H3/b6-4+. The number of hydrogen-bond donors (Lipinski definition) is 0.